The van der Waals surface area contributed by atoms with Crippen LogP contribution in [-0.2, 0) is 30.8 Å². The van der Waals surface area contributed by atoms with Crippen molar-refractivity contribution < 1.29 is 37.4 Å². The Hall–Kier alpha value is -3.91. The van der Waals surface area contributed by atoms with Crippen molar-refractivity contribution in [2.75, 3.05) is 6.54 Å². The van der Waals surface area contributed by atoms with Gasteiger partial charge in [-0.1, -0.05) is 55.5 Å². The first kappa shape index (κ1) is 38.0. The number of pyridine rings is 1. The standard InChI is InChI=1S/C40H50ClN5O8S/c1-24-33-29(28-15-14-26(41)20-30(28)42-24)16-17-39(54-33)22-32-34(47)43-40(36(49)44-55(52,53)38(2)18-19-38)21-25(40)10-6-4-3-5-7-13-31(35(48)45(32)23-39)46(37(50)51)27-11-8-9-12-27/h6,10,14-15,20,25,27,31-32H,3-5,7-9,11-13,16-19,21-23H2,1-2H3,(H,43,47)(H,44,49)(H,50,51)/b10-6-/t25-,31+,32+,39-,40-/m1/s1. The minimum Gasteiger partial charge on any atom is -0.483 e. The Morgan fingerprint density at radius 3 is 2.55 bits per heavy atom. The van der Waals surface area contributed by atoms with Crippen molar-refractivity contribution in [3.05, 3.63) is 46.6 Å². The summed E-state index contributed by atoms with van der Waals surface area (Å²) in [6.07, 6.45) is 11.2. The molecule has 55 heavy (non-hydrogen) atoms. The molecule has 0 radical (unpaired) electrons. The largest absolute Gasteiger partial charge is 0.483 e. The molecule has 4 fully saturated rings. The number of nitrogens with zero attached hydrogens (tertiary/aromatic N) is 3. The zero-order chi connectivity index (χ0) is 38.9. The molecule has 15 heteroatoms. The van der Waals surface area contributed by atoms with Crippen molar-refractivity contribution in [1.29, 1.82) is 0 Å². The number of carbonyl (C=O) groups excluding carboxylic acids is 3. The van der Waals surface area contributed by atoms with E-state index in [1.54, 1.807) is 6.92 Å². The first-order chi connectivity index (χ1) is 26.2. The Kier molecular flexibility index (Phi) is 9.62. The molecule has 1 saturated heterocycles. The molecule has 8 rings (SSSR count). The number of sulfonamides is 1. The summed E-state index contributed by atoms with van der Waals surface area (Å²) in [5, 5.41) is 15.0. The van der Waals surface area contributed by atoms with Crippen molar-refractivity contribution in [3.63, 3.8) is 0 Å². The summed E-state index contributed by atoms with van der Waals surface area (Å²) in [7, 11) is -4.00. The van der Waals surface area contributed by atoms with Gasteiger partial charge in [-0.2, -0.15) is 0 Å². The van der Waals surface area contributed by atoms with Gasteiger partial charge in [0.05, 0.1) is 22.5 Å². The maximum Gasteiger partial charge on any atom is 0.408 e. The van der Waals surface area contributed by atoms with Crippen molar-refractivity contribution in [3.8, 4) is 5.75 Å². The summed E-state index contributed by atoms with van der Waals surface area (Å²) in [6.45, 7) is 3.48. The Labute approximate surface area is 326 Å². The molecule has 6 aliphatic rings. The molecule has 3 aliphatic carbocycles. The molecule has 4 amide bonds. The predicted octanol–water partition coefficient (Wildman–Crippen LogP) is 5.55. The third kappa shape index (κ3) is 6.84. The highest BCUT2D eigenvalue weighted by molar-refractivity contribution is 7.91. The number of hydrogen-bond acceptors (Lipinski definition) is 8. The van der Waals surface area contributed by atoms with E-state index in [1.165, 1.54) is 9.80 Å². The van der Waals surface area contributed by atoms with E-state index in [4.69, 9.17) is 21.3 Å². The quantitative estimate of drug-likeness (QED) is 0.328. The second kappa shape index (κ2) is 13.9. The first-order valence-corrected chi connectivity index (χ1v) is 21.7. The lowest BCUT2D eigenvalue weighted by Crippen LogP contribution is -2.59. The van der Waals surface area contributed by atoms with E-state index in [0.717, 1.165) is 42.1 Å². The molecule has 13 nitrogen and oxygen atoms in total. The third-order valence-corrected chi connectivity index (χ3v) is 15.6. The summed E-state index contributed by atoms with van der Waals surface area (Å²) in [5.74, 6) is -1.68. The maximum absolute atomic E-state index is 15.1. The molecule has 2 aromatic rings. The number of ether oxygens (including phenoxy) is 1. The van der Waals surface area contributed by atoms with E-state index in [0.29, 0.717) is 74.3 Å². The highest BCUT2D eigenvalue weighted by Gasteiger charge is 2.64. The lowest BCUT2D eigenvalue weighted by atomic mass is 9.87. The number of fused-ring (bicyclic) bond motifs is 5. The molecular formula is C40H50ClN5O8S. The van der Waals surface area contributed by atoms with E-state index >= 15 is 4.79 Å². The lowest BCUT2D eigenvalue weighted by Gasteiger charge is -2.38. The van der Waals surface area contributed by atoms with Crippen molar-refractivity contribution in [2.45, 2.75) is 144 Å². The first-order valence-electron chi connectivity index (χ1n) is 19.8. The molecule has 1 spiro atoms. The van der Waals surface area contributed by atoms with E-state index in [9.17, 15) is 27.9 Å². The van der Waals surface area contributed by atoms with E-state index < -0.39 is 67.7 Å². The van der Waals surface area contributed by atoms with Crippen LogP contribution >= 0.6 is 11.6 Å². The number of hydrogen-bond donors (Lipinski definition) is 3. The van der Waals surface area contributed by atoms with E-state index in [-0.39, 0.29) is 25.4 Å². The highest BCUT2D eigenvalue weighted by atomic mass is 35.5. The van der Waals surface area contributed by atoms with Crippen molar-refractivity contribution in [1.82, 2.24) is 24.8 Å². The average Bonchev–Trinajstić information content (AvgIpc) is 3.92. The molecule has 3 saturated carbocycles. The fourth-order valence-corrected chi connectivity index (χ4v) is 11.0. The van der Waals surface area contributed by atoms with Gasteiger partial charge in [0.15, 0.2) is 0 Å². The molecule has 0 bridgehead atoms. The summed E-state index contributed by atoms with van der Waals surface area (Å²) in [4.78, 5) is 64.4. The number of aromatic nitrogens is 1. The summed E-state index contributed by atoms with van der Waals surface area (Å²) >= 11 is 6.29. The minimum absolute atomic E-state index is 0.0331. The molecule has 296 valence electrons. The summed E-state index contributed by atoms with van der Waals surface area (Å²) < 4.78 is 34.6. The van der Waals surface area contributed by atoms with Crippen molar-refractivity contribution >= 4 is 56.3 Å². The molecule has 1 aromatic carbocycles. The van der Waals surface area contributed by atoms with Gasteiger partial charge in [-0.15, -0.1) is 0 Å². The number of nitrogens with one attached hydrogen (secondary N) is 2. The van der Waals surface area contributed by atoms with Crippen LogP contribution in [0.25, 0.3) is 10.9 Å². The average molecular weight is 796 g/mol. The fourth-order valence-electron chi connectivity index (χ4n) is 9.50. The van der Waals surface area contributed by atoms with Crippen LogP contribution < -0.4 is 14.8 Å². The van der Waals surface area contributed by atoms with Crippen LogP contribution in [0.1, 0.15) is 108 Å². The SMILES string of the molecule is Cc1nc2cc(Cl)ccc2c2c1O[C@]1(CC2)C[C@H]2C(=O)N[C@]3(C(=O)NS(=O)(=O)C4(C)CC4)C[C@H]3/C=C\CCCCC[C@H](N(C(=O)O)C3CCCC3)C(=O)N2C1. The minimum atomic E-state index is -4.00. The second-order valence-electron chi connectivity index (χ2n) is 17.0. The number of aryl methyl sites for hydroxylation is 2. The monoisotopic (exact) mass is 795 g/mol. The van der Waals surface area contributed by atoms with Gasteiger partial charge in [-0.05, 0) is 90.2 Å². The van der Waals surface area contributed by atoms with E-state index in [2.05, 4.69) is 10.0 Å². The number of carboxylic acid groups (broad SMARTS) is 1. The Bertz CT molecular complexity index is 2080. The van der Waals surface area contributed by atoms with Gasteiger partial charge in [0.2, 0.25) is 21.8 Å². The number of benzene rings is 1. The fraction of sp³-hybridized carbons (Fsp3) is 0.625. The number of amides is 4. The summed E-state index contributed by atoms with van der Waals surface area (Å²) in [6, 6.07) is 3.12. The van der Waals surface area contributed by atoms with Crippen LogP contribution in [0.4, 0.5) is 4.79 Å². The lowest BCUT2D eigenvalue weighted by molar-refractivity contribution is -0.144. The molecule has 0 unspecified atom stereocenters. The van der Waals surface area contributed by atoms with E-state index in [1.807, 2.05) is 37.3 Å². The van der Waals surface area contributed by atoms with Gasteiger partial charge in [0, 0.05) is 34.4 Å². The van der Waals surface area contributed by atoms with Crippen molar-refractivity contribution in [2.24, 2.45) is 5.92 Å². The second-order valence-corrected chi connectivity index (χ2v) is 19.6. The smallest absolute Gasteiger partial charge is 0.408 e. The molecule has 3 N–H and O–H groups in total. The zero-order valence-electron chi connectivity index (χ0n) is 31.4. The molecule has 5 atom stereocenters. The topological polar surface area (TPSA) is 175 Å². The Morgan fingerprint density at radius 1 is 1.07 bits per heavy atom. The van der Waals surface area contributed by atoms with Crippen LogP contribution in [0, 0.1) is 12.8 Å². The van der Waals surface area contributed by atoms with Crippen LogP contribution in [0.15, 0.2) is 30.4 Å². The van der Waals surface area contributed by atoms with Crippen LogP contribution in [0.2, 0.25) is 5.02 Å². The predicted molar refractivity (Wildman–Crippen MR) is 205 cm³/mol. The number of carbonyl (C=O) groups is 4. The van der Waals surface area contributed by atoms with Crippen LogP contribution in [0.5, 0.6) is 5.75 Å². The van der Waals surface area contributed by atoms with Gasteiger partial charge >= 0.3 is 6.09 Å². The Balaban J connectivity index is 1.17. The summed E-state index contributed by atoms with van der Waals surface area (Å²) in [5.41, 5.74) is -0.163. The van der Waals surface area contributed by atoms with Gasteiger partial charge < -0.3 is 20.1 Å². The number of rotatable bonds is 5. The number of allylic oxidation sites excluding steroid dienone is 1. The molecule has 1 aromatic heterocycles. The van der Waals surface area contributed by atoms with Gasteiger partial charge in [0.1, 0.15) is 29.0 Å². The zero-order valence-corrected chi connectivity index (χ0v) is 33.0. The molecular weight excluding hydrogens is 746 g/mol. The van der Waals surface area contributed by atoms with Gasteiger partial charge in [-0.3, -0.25) is 24.0 Å². The molecule has 3 aliphatic heterocycles. The normalized spacial score (nSPS) is 31.3. The number of halogens is 1. The van der Waals surface area contributed by atoms with Crippen LogP contribution in [0.3, 0.4) is 0 Å². The maximum atomic E-state index is 15.1. The van der Waals surface area contributed by atoms with Crippen LogP contribution in [-0.4, -0.2) is 92.7 Å². The Morgan fingerprint density at radius 2 is 1.82 bits per heavy atom. The highest BCUT2D eigenvalue weighted by Crippen LogP contribution is 2.49. The van der Waals surface area contributed by atoms with Gasteiger partial charge in [-0.25, -0.2) is 18.2 Å². The molecule has 4 heterocycles. The van der Waals surface area contributed by atoms with Gasteiger partial charge in [0.25, 0.3) is 5.91 Å². The third-order valence-electron chi connectivity index (χ3n) is 13.2.